The van der Waals surface area contributed by atoms with Gasteiger partial charge in [-0.3, -0.25) is 20.4 Å². The highest BCUT2D eigenvalue weighted by Gasteiger charge is 2.21. The van der Waals surface area contributed by atoms with Crippen molar-refractivity contribution in [1.82, 2.24) is 15.8 Å². The highest BCUT2D eigenvalue weighted by Crippen LogP contribution is 2.27. The smallest absolute Gasteiger partial charge is 0.248 e. The van der Waals surface area contributed by atoms with Gasteiger partial charge in [0.25, 0.3) is 0 Å². The average Bonchev–Trinajstić information content (AvgIpc) is 2.75. The van der Waals surface area contributed by atoms with Crippen LogP contribution in [0.3, 0.4) is 0 Å². The molecule has 6 nitrogen and oxygen atoms in total. The van der Waals surface area contributed by atoms with Gasteiger partial charge in [-0.25, -0.2) is 4.98 Å². The van der Waals surface area contributed by atoms with E-state index >= 15 is 0 Å². The molecule has 0 spiro atoms. The number of thioether (sulfide) groups is 1. The molecule has 2 N–H and O–H groups in total. The van der Waals surface area contributed by atoms with Gasteiger partial charge in [0.15, 0.2) is 0 Å². The molecule has 1 saturated carbocycles. The lowest BCUT2D eigenvalue weighted by molar-refractivity contribution is -0.131. The van der Waals surface area contributed by atoms with Crippen molar-refractivity contribution in [2.45, 2.75) is 50.5 Å². The molecular weight excluding hydrogens is 374 g/mol. The van der Waals surface area contributed by atoms with Crippen molar-refractivity contribution < 1.29 is 14.3 Å². The van der Waals surface area contributed by atoms with Gasteiger partial charge in [0.05, 0.1) is 18.4 Å². The number of aromatic nitrogens is 1. The zero-order chi connectivity index (χ0) is 19.9. The standard InChI is InChI=1S/C21H27N3O3S/c1-3-14-11-16-9-10-17(27-2)12-18(16)22-21(14)28-13-19(25)23-24-20(26)15-7-5-4-6-8-15/h9-12,15H,3-8,13H2,1-2H3,(H,23,25)(H,24,26). The maximum Gasteiger partial charge on any atom is 0.248 e. The van der Waals surface area contributed by atoms with Gasteiger partial charge in [-0.05, 0) is 43.0 Å². The molecule has 0 atom stereocenters. The number of aryl methyl sites for hydroxylation is 1. The van der Waals surface area contributed by atoms with Gasteiger partial charge in [0, 0.05) is 17.4 Å². The quantitative estimate of drug-likeness (QED) is 0.571. The predicted molar refractivity (Wildman–Crippen MR) is 111 cm³/mol. The van der Waals surface area contributed by atoms with E-state index in [0.29, 0.717) is 0 Å². The molecule has 0 radical (unpaired) electrons. The fourth-order valence-corrected chi connectivity index (χ4v) is 4.34. The summed E-state index contributed by atoms with van der Waals surface area (Å²) in [6.45, 7) is 2.07. The Morgan fingerprint density at radius 3 is 2.68 bits per heavy atom. The third-order valence-corrected chi connectivity index (χ3v) is 6.12. The molecule has 2 amide bonds. The Bertz CT molecular complexity index is 850. The van der Waals surface area contributed by atoms with Gasteiger partial charge in [0.2, 0.25) is 11.8 Å². The molecule has 1 heterocycles. The number of pyridine rings is 1. The molecule has 1 aliphatic rings. The average molecular weight is 402 g/mol. The number of benzene rings is 1. The minimum absolute atomic E-state index is 0.0190. The monoisotopic (exact) mass is 401 g/mol. The van der Waals surface area contributed by atoms with Gasteiger partial charge in [-0.1, -0.05) is 37.9 Å². The number of nitrogens with one attached hydrogen (secondary N) is 2. The summed E-state index contributed by atoms with van der Waals surface area (Å²) in [7, 11) is 1.63. The molecule has 7 heteroatoms. The molecule has 150 valence electrons. The van der Waals surface area contributed by atoms with E-state index in [9.17, 15) is 9.59 Å². The van der Waals surface area contributed by atoms with Crippen molar-refractivity contribution in [2.24, 2.45) is 5.92 Å². The van der Waals surface area contributed by atoms with Gasteiger partial charge in [-0.2, -0.15) is 0 Å². The third kappa shape index (κ3) is 5.16. The topological polar surface area (TPSA) is 80.3 Å². The van der Waals surface area contributed by atoms with Crippen LogP contribution >= 0.6 is 11.8 Å². The summed E-state index contributed by atoms with van der Waals surface area (Å²) >= 11 is 1.38. The van der Waals surface area contributed by atoms with E-state index in [0.717, 1.165) is 59.3 Å². The van der Waals surface area contributed by atoms with E-state index in [4.69, 9.17) is 9.72 Å². The summed E-state index contributed by atoms with van der Waals surface area (Å²) in [6.07, 6.45) is 6.00. The first-order valence-corrected chi connectivity index (χ1v) is 10.8. The summed E-state index contributed by atoms with van der Waals surface area (Å²) in [5.74, 6) is 0.654. The Hall–Kier alpha value is -2.28. The number of amides is 2. The van der Waals surface area contributed by atoms with Crippen LogP contribution in [0.5, 0.6) is 5.75 Å². The van der Waals surface area contributed by atoms with E-state index in [1.807, 2.05) is 18.2 Å². The van der Waals surface area contributed by atoms with Crippen LogP contribution in [-0.4, -0.2) is 29.7 Å². The maximum absolute atomic E-state index is 12.2. The Morgan fingerprint density at radius 1 is 1.18 bits per heavy atom. The second-order valence-electron chi connectivity index (χ2n) is 7.03. The fourth-order valence-electron chi connectivity index (χ4n) is 3.45. The summed E-state index contributed by atoms with van der Waals surface area (Å²) in [5.41, 5.74) is 7.05. The molecular formula is C21H27N3O3S. The lowest BCUT2D eigenvalue weighted by Gasteiger charge is -2.20. The predicted octanol–water partition coefficient (Wildman–Crippen LogP) is 3.63. The zero-order valence-electron chi connectivity index (χ0n) is 16.4. The Balaban J connectivity index is 1.58. The molecule has 0 aliphatic heterocycles. The number of hydrazine groups is 1. The van der Waals surface area contributed by atoms with Crippen molar-refractivity contribution in [1.29, 1.82) is 0 Å². The maximum atomic E-state index is 12.2. The van der Waals surface area contributed by atoms with Crippen molar-refractivity contribution in [2.75, 3.05) is 12.9 Å². The van der Waals surface area contributed by atoms with E-state index < -0.39 is 0 Å². The second-order valence-corrected chi connectivity index (χ2v) is 7.99. The number of nitrogens with zero attached hydrogens (tertiary/aromatic N) is 1. The number of methoxy groups -OCH3 is 1. The SMILES string of the molecule is CCc1cc2ccc(OC)cc2nc1SCC(=O)NNC(=O)C1CCCCC1. The lowest BCUT2D eigenvalue weighted by atomic mass is 9.89. The van der Waals surface area contributed by atoms with Crippen LogP contribution < -0.4 is 15.6 Å². The van der Waals surface area contributed by atoms with Gasteiger partial charge in [-0.15, -0.1) is 0 Å². The van der Waals surface area contributed by atoms with Crippen LogP contribution in [0, 0.1) is 5.92 Å². The van der Waals surface area contributed by atoms with Crippen molar-refractivity contribution >= 4 is 34.5 Å². The molecule has 0 unspecified atom stereocenters. The second kappa shape index (κ2) is 9.78. The number of fused-ring (bicyclic) bond motifs is 1. The summed E-state index contributed by atoms with van der Waals surface area (Å²) < 4.78 is 5.27. The van der Waals surface area contributed by atoms with Crippen molar-refractivity contribution in [3.63, 3.8) is 0 Å². The molecule has 28 heavy (non-hydrogen) atoms. The molecule has 2 aromatic rings. The normalized spacial score (nSPS) is 14.6. The first-order valence-electron chi connectivity index (χ1n) is 9.80. The fraction of sp³-hybridized carbons (Fsp3) is 0.476. The highest BCUT2D eigenvalue weighted by atomic mass is 32.2. The minimum Gasteiger partial charge on any atom is -0.497 e. The van der Waals surface area contributed by atoms with Crippen LogP contribution in [0.4, 0.5) is 0 Å². The highest BCUT2D eigenvalue weighted by molar-refractivity contribution is 7.99. The Labute approximate surface area is 169 Å². The molecule has 1 aromatic heterocycles. The number of hydrogen-bond acceptors (Lipinski definition) is 5. The number of ether oxygens (including phenoxy) is 1. The number of carbonyl (C=O) groups is 2. The molecule has 1 aliphatic carbocycles. The molecule has 1 fully saturated rings. The van der Waals surface area contributed by atoms with Crippen LogP contribution in [0.1, 0.15) is 44.6 Å². The molecule has 3 rings (SSSR count). The number of rotatable bonds is 6. The van der Waals surface area contributed by atoms with Crippen LogP contribution in [0.2, 0.25) is 0 Å². The van der Waals surface area contributed by atoms with Crippen molar-refractivity contribution in [3.05, 3.63) is 29.8 Å². The van der Waals surface area contributed by atoms with Crippen molar-refractivity contribution in [3.8, 4) is 5.75 Å². The zero-order valence-corrected chi connectivity index (χ0v) is 17.2. The van der Waals surface area contributed by atoms with Gasteiger partial charge in [0.1, 0.15) is 10.8 Å². The van der Waals surface area contributed by atoms with E-state index in [2.05, 4.69) is 23.8 Å². The minimum atomic E-state index is -0.233. The van der Waals surface area contributed by atoms with Crippen LogP contribution in [0.25, 0.3) is 10.9 Å². The van der Waals surface area contributed by atoms with Gasteiger partial charge < -0.3 is 4.74 Å². The van der Waals surface area contributed by atoms with E-state index in [1.54, 1.807) is 7.11 Å². The summed E-state index contributed by atoms with van der Waals surface area (Å²) in [5, 5.41) is 1.88. The summed E-state index contributed by atoms with van der Waals surface area (Å²) in [4.78, 5) is 29.0. The third-order valence-electron chi connectivity index (χ3n) is 5.09. The Kier molecular flexibility index (Phi) is 7.14. The molecule has 1 aromatic carbocycles. The first-order chi connectivity index (χ1) is 13.6. The molecule has 0 saturated heterocycles. The molecule has 0 bridgehead atoms. The van der Waals surface area contributed by atoms with E-state index in [1.165, 1.54) is 18.2 Å². The first kappa shape index (κ1) is 20.5. The summed E-state index contributed by atoms with van der Waals surface area (Å²) in [6, 6.07) is 7.90. The van der Waals surface area contributed by atoms with Crippen LogP contribution in [0.15, 0.2) is 29.3 Å². The van der Waals surface area contributed by atoms with E-state index in [-0.39, 0.29) is 23.5 Å². The largest absolute Gasteiger partial charge is 0.497 e. The van der Waals surface area contributed by atoms with Gasteiger partial charge >= 0.3 is 0 Å². The number of carbonyl (C=O) groups excluding carboxylic acids is 2. The lowest BCUT2D eigenvalue weighted by Crippen LogP contribution is -2.45. The number of hydrogen-bond donors (Lipinski definition) is 2. The van der Waals surface area contributed by atoms with Crippen LogP contribution in [-0.2, 0) is 16.0 Å². The Morgan fingerprint density at radius 2 is 1.96 bits per heavy atom.